The second-order valence-electron chi connectivity index (χ2n) is 7.14. The second-order valence-corrected chi connectivity index (χ2v) is 11.1. The van der Waals surface area contributed by atoms with Crippen LogP contribution < -0.4 is 0 Å². The van der Waals surface area contributed by atoms with Crippen molar-refractivity contribution in [2.24, 2.45) is 0 Å². The summed E-state index contributed by atoms with van der Waals surface area (Å²) in [5.74, 6) is -2.17. The Kier molecular flexibility index (Phi) is 6.49. The van der Waals surface area contributed by atoms with Crippen molar-refractivity contribution in [2.75, 3.05) is 12.5 Å². The molecule has 28 heavy (non-hydrogen) atoms. The quantitative estimate of drug-likeness (QED) is 0.515. The van der Waals surface area contributed by atoms with E-state index in [2.05, 4.69) is 0 Å². The number of benzene rings is 1. The van der Waals surface area contributed by atoms with Crippen LogP contribution >= 0.6 is 15.2 Å². The van der Waals surface area contributed by atoms with Crippen LogP contribution in [0.5, 0.6) is 0 Å². The van der Waals surface area contributed by atoms with Gasteiger partial charge in [-0.25, -0.2) is 0 Å². The Balaban J connectivity index is 1.63. The Bertz CT molecular complexity index is 764. The minimum Gasteiger partial charge on any atom is -0.345 e. The van der Waals surface area contributed by atoms with Crippen molar-refractivity contribution >= 4 is 15.2 Å². The fourth-order valence-electron chi connectivity index (χ4n) is 3.13. The van der Waals surface area contributed by atoms with Crippen LogP contribution in [0.3, 0.4) is 0 Å². The maximum Gasteiger partial charge on any atom is 0.340 e. The van der Waals surface area contributed by atoms with Crippen molar-refractivity contribution in [2.45, 2.75) is 50.8 Å². The summed E-state index contributed by atoms with van der Waals surface area (Å²) in [4.78, 5) is 27.4. The monoisotopic (exact) mass is 438 g/mol. The van der Waals surface area contributed by atoms with Crippen LogP contribution in [0, 0.1) is 0 Å². The first-order valence-corrected chi connectivity index (χ1v) is 12.2. The van der Waals surface area contributed by atoms with Crippen molar-refractivity contribution in [1.29, 1.82) is 0 Å². The highest BCUT2D eigenvalue weighted by atomic mass is 31.2. The zero-order valence-corrected chi connectivity index (χ0v) is 17.2. The number of hydrogen-bond acceptors (Lipinski definition) is 7. The van der Waals surface area contributed by atoms with Gasteiger partial charge in [0.25, 0.3) is 0 Å². The summed E-state index contributed by atoms with van der Waals surface area (Å²) in [6.07, 6.45) is -2.79. The Morgan fingerprint density at radius 1 is 1.07 bits per heavy atom. The molecule has 2 aliphatic heterocycles. The van der Waals surface area contributed by atoms with Crippen LogP contribution in [0.25, 0.3) is 0 Å². The normalized spacial score (nSPS) is 31.5. The molecule has 1 aromatic rings. The topological polar surface area (TPSA) is 141 Å². The Labute approximate surface area is 162 Å². The standard InChI is InChI=1S/C16H24O10P2/c1-16(2)25-13-12(9-23-28(20,21)10-27(17,18)19)24-15(14(13)26-16)22-8-11-6-4-3-5-7-11/h3-7,12-15H,8-10H2,1-2H3,(H,20,21)(H2,17,18,19)/t12-,13?,14?,15-/m1/s1. The molecule has 0 aromatic heterocycles. The van der Waals surface area contributed by atoms with E-state index in [-0.39, 0.29) is 6.61 Å². The predicted octanol–water partition coefficient (Wildman–Crippen LogP) is 1.79. The fourth-order valence-corrected chi connectivity index (χ4v) is 5.70. The molecular formula is C16H24O10P2. The van der Waals surface area contributed by atoms with Gasteiger partial charge in [0, 0.05) is 0 Å². The van der Waals surface area contributed by atoms with Crippen molar-refractivity contribution in [3.63, 3.8) is 0 Å². The van der Waals surface area contributed by atoms with Crippen molar-refractivity contribution in [3.05, 3.63) is 35.9 Å². The maximum atomic E-state index is 11.9. The highest BCUT2D eigenvalue weighted by Crippen LogP contribution is 2.55. The SMILES string of the molecule is CC1(C)OC2C(O1)[C@@H](COP(=O)(O)CP(=O)(O)O)O[C@H]2OCc1ccccc1. The Morgan fingerprint density at radius 3 is 2.36 bits per heavy atom. The second kappa shape index (κ2) is 8.24. The molecule has 2 fully saturated rings. The summed E-state index contributed by atoms with van der Waals surface area (Å²) in [5.41, 5.74) is 0.932. The van der Waals surface area contributed by atoms with Crippen molar-refractivity contribution in [1.82, 2.24) is 0 Å². The molecule has 3 rings (SSSR count). The summed E-state index contributed by atoms with van der Waals surface area (Å²) in [5, 5.41) is 0. The minimum absolute atomic E-state index is 0.267. The van der Waals surface area contributed by atoms with Gasteiger partial charge in [-0.05, 0) is 19.4 Å². The lowest BCUT2D eigenvalue weighted by atomic mass is 10.1. The van der Waals surface area contributed by atoms with Crippen LogP contribution in [0.4, 0.5) is 0 Å². The molecule has 2 heterocycles. The average Bonchev–Trinajstić information content (AvgIpc) is 3.03. The van der Waals surface area contributed by atoms with Crippen LogP contribution in [-0.2, 0) is 39.2 Å². The van der Waals surface area contributed by atoms with E-state index in [4.69, 9.17) is 33.3 Å². The molecule has 0 spiro atoms. The van der Waals surface area contributed by atoms with E-state index in [1.807, 2.05) is 30.3 Å². The van der Waals surface area contributed by atoms with Gasteiger partial charge in [0.05, 0.1) is 13.2 Å². The average molecular weight is 438 g/mol. The largest absolute Gasteiger partial charge is 0.345 e. The van der Waals surface area contributed by atoms with Gasteiger partial charge < -0.3 is 38.2 Å². The minimum atomic E-state index is -4.71. The third-order valence-corrected chi connectivity index (χ3v) is 7.62. The molecule has 12 heteroatoms. The first kappa shape index (κ1) is 22.1. The van der Waals surface area contributed by atoms with Crippen LogP contribution in [0.2, 0.25) is 0 Å². The molecule has 0 radical (unpaired) electrons. The highest BCUT2D eigenvalue weighted by Gasteiger charge is 2.56. The van der Waals surface area contributed by atoms with E-state index < -0.39 is 58.1 Å². The van der Waals surface area contributed by atoms with Gasteiger partial charge in [0.1, 0.15) is 18.3 Å². The first-order chi connectivity index (χ1) is 12.9. The van der Waals surface area contributed by atoms with Crippen LogP contribution in [0.1, 0.15) is 19.4 Å². The number of fused-ring (bicyclic) bond motifs is 1. The molecular weight excluding hydrogens is 414 g/mol. The Hall–Kier alpha value is -0.640. The summed E-state index contributed by atoms with van der Waals surface area (Å²) >= 11 is 0. The fraction of sp³-hybridized carbons (Fsp3) is 0.625. The summed E-state index contributed by atoms with van der Waals surface area (Å²) in [6.45, 7) is 3.31. The summed E-state index contributed by atoms with van der Waals surface area (Å²) in [7, 11) is -9.21. The molecule has 3 N–H and O–H groups in total. The lowest BCUT2D eigenvalue weighted by molar-refractivity contribution is -0.238. The van der Waals surface area contributed by atoms with Crippen LogP contribution in [-0.4, -0.2) is 57.6 Å². The molecule has 0 aliphatic carbocycles. The van der Waals surface area contributed by atoms with E-state index in [1.165, 1.54) is 0 Å². The zero-order valence-electron chi connectivity index (χ0n) is 15.4. The maximum absolute atomic E-state index is 11.9. The van der Waals surface area contributed by atoms with Crippen molar-refractivity contribution in [3.8, 4) is 0 Å². The third kappa shape index (κ3) is 5.93. The molecule has 2 aliphatic rings. The van der Waals surface area contributed by atoms with Gasteiger partial charge >= 0.3 is 15.2 Å². The van der Waals surface area contributed by atoms with Gasteiger partial charge in [-0.1, -0.05) is 30.3 Å². The molecule has 0 bridgehead atoms. The lowest BCUT2D eigenvalue weighted by Crippen LogP contribution is -2.32. The van der Waals surface area contributed by atoms with Gasteiger partial charge in [-0.2, -0.15) is 0 Å². The van der Waals surface area contributed by atoms with Gasteiger partial charge in [-0.3, -0.25) is 9.13 Å². The predicted molar refractivity (Wildman–Crippen MR) is 96.4 cm³/mol. The molecule has 2 saturated heterocycles. The van der Waals surface area contributed by atoms with E-state index in [0.29, 0.717) is 0 Å². The molecule has 0 saturated carbocycles. The Morgan fingerprint density at radius 2 is 1.71 bits per heavy atom. The summed E-state index contributed by atoms with van der Waals surface area (Å²) < 4.78 is 50.9. The third-order valence-electron chi connectivity index (χ3n) is 4.17. The van der Waals surface area contributed by atoms with Gasteiger partial charge in [0.2, 0.25) is 0 Å². The van der Waals surface area contributed by atoms with E-state index in [9.17, 15) is 14.0 Å². The number of rotatable bonds is 8. The first-order valence-electron chi connectivity index (χ1n) is 8.62. The molecule has 0 amide bonds. The van der Waals surface area contributed by atoms with Crippen molar-refractivity contribution < 1.29 is 47.3 Å². The molecule has 158 valence electrons. The van der Waals surface area contributed by atoms with Crippen LogP contribution in [0.15, 0.2) is 30.3 Å². The molecule has 1 aromatic carbocycles. The zero-order chi connectivity index (χ0) is 20.6. The highest BCUT2D eigenvalue weighted by molar-refractivity contribution is 7.70. The number of ether oxygens (including phenoxy) is 4. The molecule has 10 nitrogen and oxygen atoms in total. The van der Waals surface area contributed by atoms with Gasteiger partial charge in [-0.15, -0.1) is 0 Å². The lowest BCUT2D eigenvalue weighted by Gasteiger charge is -2.24. The van der Waals surface area contributed by atoms with E-state index >= 15 is 0 Å². The van der Waals surface area contributed by atoms with E-state index in [0.717, 1.165) is 5.56 Å². The molecule has 3 unspecified atom stereocenters. The molecule has 5 atom stereocenters. The van der Waals surface area contributed by atoms with E-state index in [1.54, 1.807) is 13.8 Å². The summed E-state index contributed by atoms with van der Waals surface area (Å²) in [6, 6.07) is 9.44. The smallest absolute Gasteiger partial charge is 0.340 e. The van der Waals surface area contributed by atoms with Gasteiger partial charge in [0.15, 0.2) is 18.0 Å². The number of hydrogen-bond donors (Lipinski definition) is 3.